The Balaban J connectivity index is 2.90. The van der Waals surface area contributed by atoms with Crippen LogP contribution in [0.5, 0.6) is 0 Å². The SMILES string of the molecule is C=CCCN(C)S(=O)(=O)c1ccsc1CNCC. The van der Waals surface area contributed by atoms with Gasteiger partial charge < -0.3 is 5.32 Å². The van der Waals surface area contributed by atoms with Crippen LogP contribution >= 0.6 is 11.3 Å². The Labute approximate surface area is 113 Å². The average Bonchev–Trinajstić information content (AvgIpc) is 2.82. The van der Waals surface area contributed by atoms with E-state index in [1.54, 1.807) is 19.2 Å². The van der Waals surface area contributed by atoms with Crippen molar-refractivity contribution in [3.8, 4) is 0 Å². The summed E-state index contributed by atoms with van der Waals surface area (Å²) in [6.45, 7) is 7.48. The van der Waals surface area contributed by atoms with Crippen molar-refractivity contribution in [2.75, 3.05) is 20.1 Å². The Kier molecular flexibility index (Phi) is 6.01. The molecule has 0 aliphatic carbocycles. The van der Waals surface area contributed by atoms with Crippen LogP contribution in [0, 0.1) is 0 Å². The number of nitrogens with zero attached hydrogens (tertiary/aromatic N) is 1. The molecule has 0 unspecified atom stereocenters. The molecule has 0 aromatic carbocycles. The summed E-state index contributed by atoms with van der Waals surface area (Å²) in [6, 6.07) is 1.68. The summed E-state index contributed by atoms with van der Waals surface area (Å²) < 4.78 is 26.1. The van der Waals surface area contributed by atoms with Gasteiger partial charge in [0, 0.05) is 25.0 Å². The quantitative estimate of drug-likeness (QED) is 0.745. The van der Waals surface area contributed by atoms with Crippen LogP contribution in [0.15, 0.2) is 29.0 Å². The predicted molar refractivity (Wildman–Crippen MR) is 76.3 cm³/mol. The van der Waals surface area contributed by atoms with E-state index in [9.17, 15) is 8.42 Å². The highest BCUT2D eigenvalue weighted by Crippen LogP contribution is 2.24. The van der Waals surface area contributed by atoms with Gasteiger partial charge in [0.15, 0.2) is 0 Å². The largest absolute Gasteiger partial charge is 0.312 e. The Morgan fingerprint density at radius 2 is 2.28 bits per heavy atom. The fraction of sp³-hybridized carbons (Fsp3) is 0.500. The van der Waals surface area contributed by atoms with E-state index in [1.165, 1.54) is 15.6 Å². The highest BCUT2D eigenvalue weighted by atomic mass is 32.2. The third kappa shape index (κ3) is 3.65. The van der Waals surface area contributed by atoms with Gasteiger partial charge in [-0.3, -0.25) is 0 Å². The van der Waals surface area contributed by atoms with E-state index in [0.717, 1.165) is 11.4 Å². The topological polar surface area (TPSA) is 49.4 Å². The van der Waals surface area contributed by atoms with Crippen LogP contribution in [0.1, 0.15) is 18.2 Å². The smallest absolute Gasteiger partial charge is 0.243 e. The molecular weight excluding hydrogens is 268 g/mol. The second-order valence-electron chi connectivity index (χ2n) is 3.89. The van der Waals surface area contributed by atoms with Crippen LogP contribution < -0.4 is 5.32 Å². The number of hydrogen-bond acceptors (Lipinski definition) is 4. The molecule has 0 radical (unpaired) electrons. The minimum absolute atomic E-state index is 0.417. The lowest BCUT2D eigenvalue weighted by Gasteiger charge is -2.16. The van der Waals surface area contributed by atoms with E-state index >= 15 is 0 Å². The highest BCUT2D eigenvalue weighted by Gasteiger charge is 2.23. The maximum Gasteiger partial charge on any atom is 0.243 e. The van der Waals surface area contributed by atoms with Gasteiger partial charge in [0.05, 0.1) is 4.90 Å². The molecule has 0 amide bonds. The monoisotopic (exact) mass is 288 g/mol. The normalized spacial score (nSPS) is 11.9. The van der Waals surface area contributed by atoms with E-state index < -0.39 is 10.0 Å². The van der Waals surface area contributed by atoms with E-state index in [0.29, 0.717) is 24.4 Å². The van der Waals surface area contributed by atoms with Gasteiger partial charge in [0.2, 0.25) is 10.0 Å². The van der Waals surface area contributed by atoms with Crippen molar-refractivity contribution >= 4 is 21.4 Å². The maximum atomic E-state index is 12.4. The highest BCUT2D eigenvalue weighted by molar-refractivity contribution is 7.89. The van der Waals surface area contributed by atoms with Crippen molar-refractivity contribution in [3.05, 3.63) is 29.0 Å². The Hall–Kier alpha value is -0.690. The molecule has 0 saturated heterocycles. The zero-order valence-electron chi connectivity index (χ0n) is 10.8. The molecule has 6 heteroatoms. The summed E-state index contributed by atoms with van der Waals surface area (Å²) in [5.74, 6) is 0. The molecule has 1 rings (SSSR count). The first-order valence-corrected chi connectivity index (χ1v) is 8.20. The Morgan fingerprint density at radius 3 is 2.89 bits per heavy atom. The minimum Gasteiger partial charge on any atom is -0.312 e. The molecule has 0 fully saturated rings. The summed E-state index contributed by atoms with van der Waals surface area (Å²) in [5.41, 5.74) is 0. The van der Waals surface area contributed by atoms with Crippen molar-refractivity contribution < 1.29 is 8.42 Å². The molecule has 0 spiro atoms. The Bertz CT molecular complexity index is 480. The number of nitrogens with one attached hydrogen (secondary N) is 1. The molecule has 0 saturated carbocycles. The van der Waals surface area contributed by atoms with Crippen LogP contribution in [-0.4, -0.2) is 32.9 Å². The van der Waals surface area contributed by atoms with Gasteiger partial charge in [0.1, 0.15) is 0 Å². The average molecular weight is 288 g/mol. The number of hydrogen-bond donors (Lipinski definition) is 1. The van der Waals surface area contributed by atoms with Gasteiger partial charge in [0.25, 0.3) is 0 Å². The summed E-state index contributed by atoms with van der Waals surface area (Å²) in [5, 5.41) is 4.98. The first-order chi connectivity index (χ1) is 8.54. The van der Waals surface area contributed by atoms with E-state index in [1.807, 2.05) is 12.3 Å². The van der Waals surface area contributed by atoms with Crippen molar-refractivity contribution in [1.29, 1.82) is 0 Å². The fourth-order valence-electron chi connectivity index (χ4n) is 1.49. The third-order valence-electron chi connectivity index (χ3n) is 2.58. The maximum absolute atomic E-state index is 12.4. The van der Waals surface area contributed by atoms with Crippen LogP contribution in [0.2, 0.25) is 0 Å². The standard InChI is InChI=1S/C12H20N2O2S2/c1-4-6-8-14(3)18(15,16)12-7-9-17-11(12)10-13-5-2/h4,7,9,13H,1,5-6,8,10H2,2-3H3. The van der Waals surface area contributed by atoms with Gasteiger partial charge in [-0.2, -0.15) is 0 Å². The summed E-state index contributed by atoms with van der Waals surface area (Å²) in [7, 11) is -1.77. The molecule has 1 N–H and O–H groups in total. The molecule has 0 bridgehead atoms. The van der Waals surface area contributed by atoms with Crippen molar-refractivity contribution in [2.24, 2.45) is 0 Å². The second kappa shape index (κ2) is 7.04. The van der Waals surface area contributed by atoms with Crippen molar-refractivity contribution in [2.45, 2.75) is 24.8 Å². The van der Waals surface area contributed by atoms with Gasteiger partial charge in [-0.05, 0) is 24.4 Å². The molecular formula is C12H20N2O2S2. The van der Waals surface area contributed by atoms with Gasteiger partial charge >= 0.3 is 0 Å². The number of sulfonamides is 1. The van der Waals surface area contributed by atoms with Crippen molar-refractivity contribution in [3.63, 3.8) is 0 Å². The van der Waals surface area contributed by atoms with Crippen LogP contribution in [0.25, 0.3) is 0 Å². The van der Waals surface area contributed by atoms with Crippen LogP contribution in [-0.2, 0) is 16.6 Å². The fourth-order valence-corrected chi connectivity index (χ4v) is 4.05. The number of thiophene rings is 1. The summed E-state index contributed by atoms with van der Waals surface area (Å²) >= 11 is 1.47. The van der Waals surface area contributed by atoms with Crippen LogP contribution in [0.4, 0.5) is 0 Å². The third-order valence-corrected chi connectivity index (χ3v) is 5.57. The zero-order chi connectivity index (χ0) is 13.6. The van der Waals surface area contributed by atoms with E-state index in [-0.39, 0.29) is 0 Å². The van der Waals surface area contributed by atoms with Gasteiger partial charge in [-0.25, -0.2) is 12.7 Å². The lowest BCUT2D eigenvalue weighted by Crippen LogP contribution is -2.28. The molecule has 0 aliphatic rings. The molecule has 0 aliphatic heterocycles. The first kappa shape index (κ1) is 15.4. The molecule has 1 heterocycles. The van der Waals surface area contributed by atoms with Gasteiger partial charge in [-0.1, -0.05) is 13.0 Å². The summed E-state index contributed by atoms with van der Waals surface area (Å²) in [6.07, 6.45) is 2.38. The molecule has 1 aromatic rings. The van der Waals surface area contributed by atoms with Gasteiger partial charge in [-0.15, -0.1) is 17.9 Å². The minimum atomic E-state index is -3.37. The van der Waals surface area contributed by atoms with Crippen molar-refractivity contribution in [1.82, 2.24) is 9.62 Å². The molecule has 18 heavy (non-hydrogen) atoms. The second-order valence-corrected chi connectivity index (χ2v) is 6.91. The first-order valence-electron chi connectivity index (χ1n) is 5.88. The summed E-state index contributed by atoms with van der Waals surface area (Å²) in [4.78, 5) is 1.28. The molecule has 4 nitrogen and oxygen atoms in total. The van der Waals surface area contributed by atoms with Crippen LogP contribution in [0.3, 0.4) is 0 Å². The predicted octanol–water partition coefficient (Wildman–Crippen LogP) is 2.05. The zero-order valence-corrected chi connectivity index (χ0v) is 12.5. The molecule has 102 valence electrons. The number of rotatable bonds is 8. The molecule has 1 aromatic heterocycles. The lowest BCUT2D eigenvalue weighted by molar-refractivity contribution is 0.474. The van der Waals surface area contributed by atoms with E-state index in [2.05, 4.69) is 11.9 Å². The lowest BCUT2D eigenvalue weighted by atomic mass is 10.4. The Morgan fingerprint density at radius 1 is 1.56 bits per heavy atom. The molecule has 0 atom stereocenters. The van der Waals surface area contributed by atoms with E-state index in [4.69, 9.17) is 0 Å².